The van der Waals surface area contributed by atoms with Crippen molar-refractivity contribution in [3.8, 4) is 0 Å². The summed E-state index contributed by atoms with van der Waals surface area (Å²) in [5.74, 6) is 0. The van der Waals surface area contributed by atoms with Gasteiger partial charge in [0.25, 0.3) is 0 Å². The fraction of sp³-hybridized carbons (Fsp3) is 0. The van der Waals surface area contributed by atoms with Gasteiger partial charge in [-0.3, -0.25) is 0 Å². The summed E-state index contributed by atoms with van der Waals surface area (Å²) in [7, 11) is 0. The van der Waals surface area contributed by atoms with E-state index in [2.05, 4.69) is 0 Å². The molecule has 29 heteroatoms. The third-order valence-electron chi connectivity index (χ3n) is 2.10. The van der Waals surface area contributed by atoms with E-state index in [4.69, 9.17) is 33.5 Å². The first-order valence-electron chi connectivity index (χ1n) is 5.88. The van der Waals surface area contributed by atoms with Crippen LogP contribution in [-0.2, 0) is 33.5 Å². The summed E-state index contributed by atoms with van der Waals surface area (Å²) in [5, 5.41) is 0. The molecule has 1 spiro atoms. The van der Waals surface area contributed by atoms with Crippen LogP contribution in [-0.4, -0.2) is 209 Å². The molecule has 2 aliphatic heterocycles. The third kappa shape index (κ3) is 15.9. The van der Waals surface area contributed by atoms with Crippen LogP contribution in [0.15, 0.2) is 0 Å². The summed E-state index contributed by atoms with van der Waals surface area (Å²) < 4.78 is 68.8. The van der Waals surface area contributed by atoms with Gasteiger partial charge in [-0.25, -0.2) is 0 Å². The molecule has 6 radical (unpaired) electrons. The molecule has 2 fully saturated rings. The van der Waals surface area contributed by atoms with E-state index < -0.39 is 108 Å². The average Bonchev–Trinajstić information content (AvgIpc) is 2.53. The number of hydrogen-bond acceptors (Lipinski definition) is 12. The maximum absolute atomic E-state index is 6.05. The molecule has 0 saturated carbocycles. The first-order chi connectivity index (χ1) is 11.1. The van der Waals surface area contributed by atoms with E-state index in [1.807, 2.05) is 0 Å². The first kappa shape index (κ1) is 44.3. The van der Waals surface area contributed by atoms with Crippen LogP contribution in [0, 0.1) is 0 Å². The van der Waals surface area contributed by atoms with E-state index >= 15 is 0 Å². The molecule has 0 aromatic heterocycles. The Kier molecular flexibility index (Phi) is 38.0. The number of hydrogen-bond donors (Lipinski definition) is 0. The summed E-state index contributed by atoms with van der Waals surface area (Å²) in [6.45, 7) is 0. The SMILES string of the molecule is O.O.O.O.O.O.[GeH3][O][Ge]1[O][Ge][O][Ge]2([O][Ge]([O][GeH3])[O][GeH2][O][Ge]([O][GeH3])[O]2)[O][Ge]([O][GeH3])[O]1. The van der Waals surface area contributed by atoms with Crippen LogP contribution in [0.4, 0.5) is 0 Å². The fourth-order valence-corrected chi connectivity index (χ4v) is 105. The Morgan fingerprint density at radius 2 is 1.07 bits per heavy atom. The first-order valence-corrected chi connectivity index (χ1v) is 30.6. The van der Waals surface area contributed by atoms with E-state index in [9.17, 15) is 0 Å². The van der Waals surface area contributed by atoms with Crippen molar-refractivity contribution in [3.05, 3.63) is 0 Å². The van der Waals surface area contributed by atoms with Crippen molar-refractivity contribution in [2.24, 2.45) is 0 Å². The van der Waals surface area contributed by atoms with E-state index in [1.54, 1.807) is 0 Å². The van der Waals surface area contributed by atoms with Crippen LogP contribution in [0.5, 0.6) is 0 Å². The number of rotatable bonds is 4. The van der Waals surface area contributed by atoms with E-state index in [-0.39, 0.29) is 100 Å². The molecule has 0 aromatic rings. The minimum absolute atomic E-state index is 0. The second kappa shape index (κ2) is 24.9. The Hall–Kier alpha value is 5.25. The summed E-state index contributed by atoms with van der Waals surface area (Å²) in [4.78, 5) is 0. The molecule has 29 heavy (non-hydrogen) atoms. The Balaban J connectivity index is -0.000000320. The third-order valence-corrected chi connectivity index (χ3v) is 56.8. The molecular formula is H26Ge11O18. The van der Waals surface area contributed by atoms with Crippen molar-refractivity contribution < 1.29 is 66.3 Å². The molecule has 2 aliphatic rings. The van der Waals surface area contributed by atoms with Gasteiger partial charge in [0.05, 0.1) is 0 Å². The molecule has 0 atom stereocenters. The van der Waals surface area contributed by atoms with Gasteiger partial charge in [0, 0.05) is 0 Å². The van der Waals surface area contributed by atoms with Crippen molar-refractivity contribution in [1.82, 2.24) is 0 Å². The molecule has 0 bridgehead atoms. The Morgan fingerprint density at radius 1 is 0.655 bits per heavy atom. The molecule has 18 nitrogen and oxygen atoms in total. The summed E-state index contributed by atoms with van der Waals surface area (Å²) in [5.41, 5.74) is 0. The van der Waals surface area contributed by atoms with Crippen LogP contribution in [0.25, 0.3) is 0 Å². The standard InChI is InChI=1S/Ge11H14O12.6H2O/c1-12-7-18-6-19-11(23-10(15-4)20-7)21-8(13-2)16-5-17-9(14-3)22-11;;;;;;/h5H2,1-4H3;6*1H2. The zero-order chi connectivity index (χ0) is 16.7. The predicted molar refractivity (Wildman–Crippen MR) is 118 cm³/mol. The zero-order valence-corrected chi connectivity index (χ0v) is 47.9. The van der Waals surface area contributed by atoms with Gasteiger partial charge in [0.15, 0.2) is 0 Å². The molecule has 0 unspecified atom stereocenters. The Bertz CT molecular complexity index is 332. The van der Waals surface area contributed by atoms with Crippen LogP contribution >= 0.6 is 0 Å². The topological polar surface area (TPSA) is 300 Å². The predicted octanol–water partition coefficient (Wildman–Crippen LogP) is -13.7. The van der Waals surface area contributed by atoms with Gasteiger partial charge in [-0.05, 0) is 0 Å². The normalized spacial score (nSPS) is 25.7. The van der Waals surface area contributed by atoms with Crippen molar-refractivity contribution in [3.63, 3.8) is 0 Å². The van der Waals surface area contributed by atoms with Crippen LogP contribution in [0.2, 0.25) is 0 Å². The van der Waals surface area contributed by atoms with Gasteiger partial charge in [-0.1, -0.05) is 0 Å². The van der Waals surface area contributed by atoms with Crippen molar-refractivity contribution in [2.45, 2.75) is 0 Å². The Labute approximate surface area is 238 Å². The maximum atomic E-state index is 6.05. The van der Waals surface area contributed by atoms with Crippen LogP contribution < -0.4 is 0 Å². The second-order valence-electron chi connectivity index (χ2n) is 3.42. The van der Waals surface area contributed by atoms with E-state index in [0.29, 0.717) is 0 Å². The van der Waals surface area contributed by atoms with E-state index in [1.165, 1.54) is 0 Å². The van der Waals surface area contributed by atoms with Crippen LogP contribution in [0.3, 0.4) is 0 Å². The minimum atomic E-state index is -4.13. The average molecular weight is 1110 g/mol. The Morgan fingerprint density at radius 3 is 1.48 bits per heavy atom. The molecule has 2 saturated heterocycles. The molecule has 12 N–H and O–H groups in total. The van der Waals surface area contributed by atoms with Gasteiger partial charge in [-0.15, -0.1) is 0 Å². The van der Waals surface area contributed by atoms with Crippen molar-refractivity contribution >= 4 is 176 Å². The second-order valence-corrected chi connectivity index (χ2v) is 55.2. The molecular weight excluding hydrogens is 1090 g/mol. The van der Waals surface area contributed by atoms with Crippen molar-refractivity contribution in [2.75, 3.05) is 0 Å². The zero-order valence-electron chi connectivity index (χ0n) is 15.6. The monoisotopic (exact) mass is 1130 g/mol. The van der Waals surface area contributed by atoms with Gasteiger partial charge < -0.3 is 32.9 Å². The van der Waals surface area contributed by atoms with Gasteiger partial charge in [-0.2, -0.15) is 0 Å². The van der Waals surface area contributed by atoms with Crippen molar-refractivity contribution in [1.29, 1.82) is 0 Å². The molecule has 0 amide bonds. The van der Waals surface area contributed by atoms with E-state index in [0.717, 1.165) is 0 Å². The molecule has 0 aliphatic carbocycles. The van der Waals surface area contributed by atoms with Gasteiger partial charge in [0.2, 0.25) is 0 Å². The summed E-state index contributed by atoms with van der Waals surface area (Å²) in [6, 6.07) is 0. The fourth-order valence-electron chi connectivity index (χ4n) is 1.20. The van der Waals surface area contributed by atoms with Gasteiger partial charge >= 0.3 is 209 Å². The molecule has 2 rings (SSSR count). The molecule has 178 valence electrons. The summed E-state index contributed by atoms with van der Waals surface area (Å²) in [6.07, 6.45) is 0. The molecule has 0 aromatic carbocycles. The van der Waals surface area contributed by atoms with Gasteiger partial charge in [0.1, 0.15) is 0 Å². The van der Waals surface area contributed by atoms with Crippen LogP contribution in [0.1, 0.15) is 0 Å². The quantitative estimate of drug-likeness (QED) is 0.237. The summed E-state index contributed by atoms with van der Waals surface area (Å²) >= 11 is -16.9. The molecule has 2 heterocycles.